The zero-order valence-corrected chi connectivity index (χ0v) is 17.3. The van der Waals surface area contributed by atoms with E-state index in [9.17, 15) is 0 Å². The molecular weight excluding hydrogens is 384 g/mol. The third-order valence-corrected chi connectivity index (χ3v) is 5.26. The van der Waals surface area contributed by atoms with E-state index in [1.165, 1.54) is 0 Å². The van der Waals surface area contributed by atoms with Gasteiger partial charge in [-0.05, 0) is 48.5 Å². The van der Waals surface area contributed by atoms with Crippen LogP contribution in [0.4, 0.5) is 0 Å². The van der Waals surface area contributed by atoms with E-state index in [0.717, 1.165) is 51.5 Å². The van der Waals surface area contributed by atoms with Crippen molar-refractivity contribution in [2.75, 3.05) is 0 Å². The van der Waals surface area contributed by atoms with Crippen molar-refractivity contribution in [1.82, 2.24) is 19.5 Å². The molecular formula is C26H22N4O. The predicted octanol–water partition coefficient (Wildman–Crippen LogP) is 5.62. The quantitative estimate of drug-likeness (QED) is 0.367. The molecule has 0 fully saturated rings. The molecule has 5 rings (SSSR count). The summed E-state index contributed by atoms with van der Waals surface area (Å²) in [4.78, 5) is 13.4. The first kappa shape index (κ1) is 19.0. The molecule has 0 aliphatic heterocycles. The molecule has 3 heterocycles. The number of hydrogen-bond donors (Lipinski definition) is 0. The second-order valence-electron chi connectivity index (χ2n) is 7.26. The molecule has 0 N–H and O–H groups in total. The fourth-order valence-corrected chi connectivity index (χ4v) is 3.69. The van der Waals surface area contributed by atoms with E-state index >= 15 is 0 Å². The molecule has 31 heavy (non-hydrogen) atoms. The van der Waals surface area contributed by atoms with E-state index in [0.29, 0.717) is 6.61 Å². The number of benzene rings is 2. The highest BCUT2D eigenvalue weighted by Crippen LogP contribution is 2.26. The van der Waals surface area contributed by atoms with Crippen molar-refractivity contribution in [2.45, 2.75) is 20.0 Å². The molecule has 152 valence electrons. The smallest absolute Gasteiger partial charge is 0.130 e. The van der Waals surface area contributed by atoms with Crippen LogP contribution in [0.2, 0.25) is 0 Å². The number of para-hydroxylation sites is 1. The van der Waals surface area contributed by atoms with Crippen LogP contribution in [0, 0.1) is 0 Å². The van der Waals surface area contributed by atoms with Crippen LogP contribution in [0.1, 0.15) is 18.4 Å². The lowest BCUT2D eigenvalue weighted by atomic mass is 10.2. The molecule has 0 saturated heterocycles. The topological polar surface area (TPSA) is 52.8 Å². The van der Waals surface area contributed by atoms with E-state index in [2.05, 4.69) is 50.7 Å². The first-order valence-electron chi connectivity index (χ1n) is 10.4. The van der Waals surface area contributed by atoms with Crippen LogP contribution < -0.4 is 4.74 Å². The van der Waals surface area contributed by atoms with Crippen molar-refractivity contribution in [1.29, 1.82) is 0 Å². The lowest BCUT2D eigenvalue weighted by molar-refractivity contribution is 0.302. The third-order valence-electron chi connectivity index (χ3n) is 5.26. The first-order valence-corrected chi connectivity index (χ1v) is 10.4. The Labute approximate surface area is 181 Å². The lowest BCUT2D eigenvalue weighted by Crippen LogP contribution is -2.03. The van der Waals surface area contributed by atoms with Gasteiger partial charge in [-0.3, -0.25) is 9.55 Å². The Bertz CT molecular complexity index is 1310. The normalized spacial score (nSPS) is 11.0. The maximum Gasteiger partial charge on any atom is 0.130 e. The Kier molecular flexibility index (Phi) is 5.15. The highest BCUT2D eigenvalue weighted by atomic mass is 16.5. The minimum atomic E-state index is 0.428. The van der Waals surface area contributed by atoms with Gasteiger partial charge in [0.2, 0.25) is 0 Å². The number of aryl methyl sites for hydroxylation is 1. The maximum absolute atomic E-state index is 5.99. The van der Waals surface area contributed by atoms with Crippen molar-refractivity contribution in [3.05, 3.63) is 103 Å². The van der Waals surface area contributed by atoms with Gasteiger partial charge in [0.25, 0.3) is 0 Å². The van der Waals surface area contributed by atoms with E-state index in [1.54, 1.807) is 12.4 Å². The number of pyridine rings is 2. The fourth-order valence-electron chi connectivity index (χ4n) is 3.69. The van der Waals surface area contributed by atoms with Gasteiger partial charge in [-0.15, -0.1) is 0 Å². The Morgan fingerprint density at radius 2 is 1.68 bits per heavy atom. The zero-order chi connectivity index (χ0) is 21.0. The number of ether oxygens (including phenoxy) is 1. The standard InChI is InChI=1S/C26H22N4O/c1-2-26-28-17-25(20-13-15-27-16-14-20)30(26)22-9-11-23(12-10-22)31-18-21-8-7-19-5-3-4-6-24(19)29-21/h3-17H,2,18H2,1H3. The van der Waals surface area contributed by atoms with Crippen LogP contribution in [0.15, 0.2) is 91.4 Å². The van der Waals surface area contributed by atoms with Crippen LogP contribution in [0.25, 0.3) is 27.8 Å². The van der Waals surface area contributed by atoms with Crippen molar-refractivity contribution < 1.29 is 4.74 Å². The Morgan fingerprint density at radius 3 is 2.48 bits per heavy atom. The molecule has 0 radical (unpaired) electrons. The Hall–Kier alpha value is -3.99. The monoisotopic (exact) mass is 406 g/mol. The molecule has 5 nitrogen and oxygen atoms in total. The number of nitrogens with zero attached hydrogens (tertiary/aromatic N) is 4. The van der Waals surface area contributed by atoms with Crippen molar-refractivity contribution in [3.8, 4) is 22.7 Å². The molecule has 0 unspecified atom stereocenters. The Balaban J connectivity index is 1.37. The van der Waals surface area contributed by atoms with Gasteiger partial charge in [0.15, 0.2) is 0 Å². The van der Waals surface area contributed by atoms with Gasteiger partial charge in [0, 0.05) is 35.5 Å². The maximum atomic E-state index is 5.99. The van der Waals surface area contributed by atoms with E-state index in [-0.39, 0.29) is 0 Å². The summed E-state index contributed by atoms with van der Waals surface area (Å²) < 4.78 is 8.17. The van der Waals surface area contributed by atoms with Gasteiger partial charge in [-0.25, -0.2) is 9.97 Å². The molecule has 0 atom stereocenters. The SMILES string of the molecule is CCc1ncc(-c2ccncc2)n1-c1ccc(OCc2ccc3ccccc3n2)cc1. The number of hydrogen-bond acceptors (Lipinski definition) is 4. The molecule has 0 aliphatic carbocycles. The van der Waals surface area contributed by atoms with E-state index in [1.807, 2.05) is 54.7 Å². The molecule has 5 heteroatoms. The third kappa shape index (κ3) is 3.90. The average molecular weight is 406 g/mol. The van der Waals surface area contributed by atoms with Crippen molar-refractivity contribution >= 4 is 10.9 Å². The van der Waals surface area contributed by atoms with E-state index in [4.69, 9.17) is 4.74 Å². The largest absolute Gasteiger partial charge is 0.487 e. The second-order valence-corrected chi connectivity index (χ2v) is 7.26. The summed E-state index contributed by atoms with van der Waals surface area (Å²) in [5.41, 5.74) is 5.08. The second kappa shape index (κ2) is 8.40. The summed E-state index contributed by atoms with van der Waals surface area (Å²) in [6.45, 7) is 2.54. The summed E-state index contributed by atoms with van der Waals surface area (Å²) in [6.07, 6.45) is 6.37. The lowest BCUT2D eigenvalue weighted by Gasteiger charge is -2.13. The van der Waals surface area contributed by atoms with Gasteiger partial charge < -0.3 is 4.74 Å². The first-order chi connectivity index (χ1) is 15.3. The zero-order valence-electron chi connectivity index (χ0n) is 17.3. The van der Waals surface area contributed by atoms with Crippen LogP contribution in [0.3, 0.4) is 0 Å². The highest BCUT2D eigenvalue weighted by molar-refractivity contribution is 5.78. The van der Waals surface area contributed by atoms with E-state index < -0.39 is 0 Å². The number of fused-ring (bicyclic) bond motifs is 1. The Morgan fingerprint density at radius 1 is 0.871 bits per heavy atom. The van der Waals surface area contributed by atoms with Crippen molar-refractivity contribution in [2.24, 2.45) is 0 Å². The van der Waals surface area contributed by atoms with Gasteiger partial charge >= 0.3 is 0 Å². The predicted molar refractivity (Wildman–Crippen MR) is 122 cm³/mol. The molecule has 2 aromatic carbocycles. The molecule has 0 aliphatic rings. The number of rotatable bonds is 6. The molecule has 0 saturated carbocycles. The molecule has 0 spiro atoms. The van der Waals surface area contributed by atoms with Gasteiger partial charge in [-0.1, -0.05) is 31.2 Å². The van der Waals surface area contributed by atoms with Crippen LogP contribution >= 0.6 is 0 Å². The summed E-state index contributed by atoms with van der Waals surface area (Å²) in [5, 5.41) is 1.13. The summed E-state index contributed by atoms with van der Waals surface area (Å²) in [6, 6.07) is 24.3. The minimum absolute atomic E-state index is 0.428. The average Bonchev–Trinajstić information content (AvgIpc) is 3.28. The molecule has 5 aromatic rings. The number of aromatic nitrogens is 4. The van der Waals surface area contributed by atoms with Crippen molar-refractivity contribution in [3.63, 3.8) is 0 Å². The minimum Gasteiger partial charge on any atom is -0.487 e. The van der Waals surface area contributed by atoms with Gasteiger partial charge in [-0.2, -0.15) is 0 Å². The highest BCUT2D eigenvalue weighted by Gasteiger charge is 2.12. The molecule has 3 aromatic heterocycles. The van der Waals surface area contributed by atoms with Gasteiger partial charge in [0.1, 0.15) is 18.2 Å². The van der Waals surface area contributed by atoms with Crippen LogP contribution in [0.5, 0.6) is 5.75 Å². The van der Waals surface area contributed by atoms with Gasteiger partial charge in [0.05, 0.1) is 23.1 Å². The summed E-state index contributed by atoms with van der Waals surface area (Å²) in [5.74, 6) is 1.82. The molecule has 0 amide bonds. The number of imidazole rings is 1. The fraction of sp³-hybridized carbons (Fsp3) is 0.115. The van der Waals surface area contributed by atoms with Crippen LogP contribution in [-0.4, -0.2) is 19.5 Å². The van der Waals surface area contributed by atoms with Crippen LogP contribution in [-0.2, 0) is 13.0 Å². The molecule has 0 bridgehead atoms. The summed E-state index contributed by atoms with van der Waals surface area (Å²) >= 11 is 0. The summed E-state index contributed by atoms with van der Waals surface area (Å²) in [7, 11) is 0.